The molecule has 0 aliphatic carbocycles. The van der Waals surface area contributed by atoms with Crippen molar-refractivity contribution in [2.75, 3.05) is 37.7 Å². The summed E-state index contributed by atoms with van der Waals surface area (Å²) in [6.07, 6.45) is 3.27. The van der Waals surface area contributed by atoms with Crippen molar-refractivity contribution in [3.05, 3.63) is 66.0 Å². The Morgan fingerprint density at radius 3 is 2.46 bits per heavy atom. The largest absolute Gasteiger partial charge is 0.492 e. The highest BCUT2D eigenvalue weighted by Crippen LogP contribution is 2.28. The van der Waals surface area contributed by atoms with E-state index in [2.05, 4.69) is 11.0 Å². The second kappa shape index (κ2) is 8.52. The Labute approximate surface area is 153 Å². The second-order valence-corrected chi connectivity index (χ2v) is 6.10. The average Bonchev–Trinajstić information content (AvgIpc) is 2.68. The van der Waals surface area contributed by atoms with E-state index in [0.29, 0.717) is 19.7 Å². The molecule has 3 rings (SSSR count). The van der Waals surface area contributed by atoms with Crippen LogP contribution in [-0.2, 0) is 4.79 Å². The number of anilines is 1. The summed E-state index contributed by atoms with van der Waals surface area (Å²) in [5.74, 6) is 0.579. The lowest BCUT2D eigenvalue weighted by molar-refractivity contribution is -0.126. The van der Waals surface area contributed by atoms with Gasteiger partial charge in [-0.1, -0.05) is 24.3 Å². The highest BCUT2D eigenvalue weighted by Gasteiger charge is 2.21. The van der Waals surface area contributed by atoms with Gasteiger partial charge in [-0.05, 0) is 42.8 Å². The van der Waals surface area contributed by atoms with Gasteiger partial charge in [-0.2, -0.15) is 0 Å². The van der Waals surface area contributed by atoms with E-state index in [1.54, 1.807) is 24.3 Å². The number of carbonyl (C=O) groups is 1. The van der Waals surface area contributed by atoms with Crippen LogP contribution in [0.25, 0.3) is 6.08 Å². The molecule has 1 heterocycles. The number of hydrogen-bond acceptors (Lipinski definition) is 3. The molecule has 0 radical (unpaired) electrons. The Bertz CT molecular complexity index is 766. The molecule has 1 fully saturated rings. The number of rotatable bonds is 5. The summed E-state index contributed by atoms with van der Waals surface area (Å²) in [7, 11) is 0. The van der Waals surface area contributed by atoms with E-state index in [0.717, 1.165) is 30.1 Å². The lowest BCUT2D eigenvalue weighted by Crippen LogP contribution is -2.48. The minimum atomic E-state index is -0.281. The van der Waals surface area contributed by atoms with Gasteiger partial charge in [0.05, 0.1) is 12.3 Å². The minimum Gasteiger partial charge on any atom is -0.492 e. The SMILES string of the molecule is CCOc1ccccc1N1CCN(C(=O)/C=C/c2ccc(F)cc2)CC1. The Morgan fingerprint density at radius 2 is 1.77 bits per heavy atom. The third-order valence-corrected chi connectivity index (χ3v) is 4.39. The molecule has 0 atom stereocenters. The van der Waals surface area contributed by atoms with Crippen LogP contribution in [0.4, 0.5) is 10.1 Å². The van der Waals surface area contributed by atoms with Gasteiger partial charge in [-0.3, -0.25) is 4.79 Å². The van der Waals surface area contributed by atoms with Gasteiger partial charge >= 0.3 is 0 Å². The Hall–Kier alpha value is -2.82. The summed E-state index contributed by atoms with van der Waals surface area (Å²) in [5.41, 5.74) is 1.88. The molecule has 26 heavy (non-hydrogen) atoms. The smallest absolute Gasteiger partial charge is 0.246 e. The molecule has 0 unspecified atom stereocenters. The zero-order valence-corrected chi connectivity index (χ0v) is 14.9. The Balaban J connectivity index is 1.58. The predicted molar refractivity (Wildman–Crippen MR) is 102 cm³/mol. The molecule has 0 spiro atoms. The van der Waals surface area contributed by atoms with E-state index in [1.807, 2.05) is 30.0 Å². The monoisotopic (exact) mass is 354 g/mol. The molecule has 1 aliphatic rings. The Morgan fingerprint density at radius 1 is 1.08 bits per heavy atom. The molecule has 0 N–H and O–H groups in total. The molecule has 0 saturated carbocycles. The fraction of sp³-hybridized carbons (Fsp3) is 0.286. The molecule has 0 bridgehead atoms. The van der Waals surface area contributed by atoms with Crippen LogP contribution in [0.5, 0.6) is 5.75 Å². The fourth-order valence-electron chi connectivity index (χ4n) is 3.01. The highest BCUT2D eigenvalue weighted by molar-refractivity contribution is 5.92. The predicted octanol–water partition coefficient (Wildman–Crippen LogP) is 3.59. The number of amides is 1. The first-order valence-corrected chi connectivity index (χ1v) is 8.86. The highest BCUT2D eigenvalue weighted by atomic mass is 19.1. The lowest BCUT2D eigenvalue weighted by atomic mass is 10.2. The van der Waals surface area contributed by atoms with Gasteiger partial charge in [0, 0.05) is 32.3 Å². The van der Waals surface area contributed by atoms with Crippen LogP contribution in [-0.4, -0.2) is 43.6 Å². The van der Waals surface area contributed by atoms with Crippen LogP contribution >= 0.6 is 0 Å². The first-order valence-electron chi connectivity index (χ1n) is 8.86. The van der Waals surface area contributed by atoms with Crippen molar-refractivity contribution in [1.82, 2.24) is 4.90 Å². The minimum absolute atomic E-state index is 0.0212. The molecule has 1 amide bonds. The van der Waals surface area contributed by atoms with Crippen LogP contribution in [0.3, 0.4) is 0 Å². The summed E-state index contributed by atoms with van der Waals surface area (Å²) in [6, 6.07) is 14.1. The van der Waals surface area contributed by atoms with Crippen LogP contribution in [0.15, 0.2) is 54.6 Å². The van der Waals surface area contributed by atoms with Gasteiger partial charge in [-0.15, -0.1) is 0 Å². The zero-order chi connectivity index (χ0) is 18.4. The molecule has 1 aliphatic heterocycles. The van der Waals surface area contributed by atoms with E-state index >= 15 is 0 Å². The number of carbonyl (C=O) groups excluding carboxylic acids is 1. The van der Waals surface area contributed by atoms with Gasteiger partial charge in [0.1, 0.15) is 11.6 Å². The van der Waals surface area contributed by atoms with Crippen LogP contribution in [0.1, 0.15) is 12.5 Å². The van der Waals surface area contributed by atoms with Gasteiger partial charge in [-0.25, -0.2) is 4.39 Å². The van der Waals surface area contributed by atoms with E-state index < -0.39 is 0 Å². The molecule has 2 aromatic rings. The maximum absolute atomic E-state index is 12.9. The summed E-state index contributed by atoms with van der Waals surface area (Å²) in [5, 5.41) is 0. The lowest BCUT2D eigenvalue weighted by Gasteiger charge is -2.36. The molecule has 1 saturated heterocycles. The maximum atomic E-state index is 12.9. The maximum Gasteiger partial charge on any atom is 0.246 e. The second-order valence-electron chi connectivity index (χ2n) is 6.10. The number of halogens is 1. The molecule has 4 nitrogen and oxygen atoms in total. The zero-order valence-electron chi connectivity index (χ0n) is 14.9. The summed E-state index contributed by atoms with van der Waals surface area (Å²) in [4.78, 5) is 16.5. The third-order valence-electron chi connectivity index (χ3n) is 4.39. The fourth-order valence-corrected chi connectivity index (χ4v) is 3.01. The number of nitrogens with zero attached hydrogens (tertiary/aromatic N) is 2. The topological polar surface area (TPSA) is 32.8 Å². The number of ether oxygens (including phenoxy) is 1. The van der Waals surface area contributed by atoms with Crippen molar-refractivity contribution in [2.24, 2.45) is 0 Å². The molecule has 5 heteroatoms. The first-order chi connectivity index (χ1) is 12.7. The van der Waals surface area contributed by atoms with Gasteiger partial charge in [0.15, 0.2) is 0 Å². The van der Waals surface area contributed by atoms with Crippen molar-refractivity contribution in [1.29, 1.82) is 0 Å². The van der Waals surface area contributed by atoms with E-state index in [9.17, 15) is 9.18 Å². The van der Waals surface area contributed by atoms with Gasteiger partial charge in [0.2, 0.25) is 5.91 Å². The number of hydrogen-bond donors (Lipinski definition) is 0. The van der Waals surface area contributed by atoms with Crippen LogP contribution < -0.4 is 9.64 Å². The molecule has 136 valence electrons. The molecule has 0 aromatic heterocycles. The van der Waals surface area contributed by atoms with Crippen molar-refractivity contribution in [2.45, 2.75) is 6.92 Å². The quantitative estimate of drug-likeness (QED) is 0.770. The summed E-state index contributed by atoms with van der Waals surface area (Å²) >= 11 is 0. The third kappa shape index (κ3) is 4.42. The standard InChI is InChI=1S/C21H23FN2O2/c1-2-26-20-6-4-3-5-19(20)23-13-15-24(16-14-23)21(25)12-9-17-7-10-18(22)11-8-17/h3-12H,2,13-16H2,1H3/b12-9+. The number of benzene rings is 2. The first kappa shape index (κ1) is 18.0. The summed E-state index contributed by atoms with van der Waals surface area (Å²) in [6.45, 7) is 5.45. The number of para-hydroxylation sites is 2. The van der Waals surface area contributed by atoms with Crippen molar-refractivity contribution < 1.29 is 13.9 Å². The number of piperazine rings is 1. The van der Waals surface area contributed by atoms with Crippen molar-refractivity contribution >= 4 is 17.7 Å². The van der Waals surface area contributed by atoms with Crippen molar-refractivity contribution in [3.8, 4) is 5.75 Å². The van der Waals surface area contributed by atoms with Gasteiger partial charge in [0.25, 0.3) is 0 Å². The van der Waals surface area contributed by atoms with E-state index in [4.69, 9.17) is 4.74 Å². The van der Waals surface area contributed by atoms with E-state index in [1.165, 1.54) is 12.1 Å². The summed E-state index contributed by atoms with van der Waals surface area (Å²) < 4.78 is 18.6. The van der Waals surface area contributed by atoms with E-state index in [-0.39, 0.29) is 11.7 Å². The van der Waals surface area contributed by atoms with Crippen LogP contribution in [0, 0.1) is 5.82 Å². The van der Waals surface area contributed by atoms with Gasteiger partial charge < -0.3 is 14.5 Å². The Kier molecular flexibility index (Phi) is 5.89. The van der Waals surface area contributed by atoms with Crippen molar-refractivity contribution in [3.63, 3.8) is 0 Å². The molecule has 2 aromatic carbocycles. The molecular formula is C21H23FN2O2. The normalized spacial score (nSPS) is 14.7. The molecular weight excluding hydrogens is 331 g/mol. The average molecular weight is 354 g/mol. The van der Waals surface area contributed by atoms with Crippen LogP contribution in [0.2, 0.25) is 0 Å².